The van der Waals surface area contributed by atoms with Crippen LogP contribution < -0.4 is 0 Å². The van der Waals surface area contributed by atoms with Crippen molar-refractivity contribution in [1.29, 1.82) is 0 Å². The zero-order chi connectivity index (χ0) is 59.2. The van der Waals surface area contributed by atoms with E-state index in [9.17, 15) is 14.4 Å². The molecule has 1 unspecified atom stereocenters. The van der Waals surface area contributed by atoms with Crippen molar-refractivity contribution in [1.82, 2.24) is 0 Å². The van der Waals surface area contributed by atoms with Crippen molar-refractivity contribution in [2.24, 2.45) is 0 Å². The number of hydrogen-bond acceptors (Lipinski definition) is 6. The van der Waals surface area contributed by atoms with E-state index in [1.54, 1.807) is 0 Å². The van der Waals surface area contributed by atoms with Crippen molar-refractivity contribution in [3.63, 3.8) is 0 Å². The first-order valence-electron chi connectivity index (χ1n) is 36.3. The SMILES string of the molecule is CCCC/C=C\C/C=C\CCCCCCCC(=O)OCC(COC(=O)CCCCCCCCCCCCCC/C=C\C/C=C\C/C=C\CCCCCCC)OC(=O)CCCCCCCCCCCCCCCCCCCCCCCCC. The molecule has 0 N–H and O–H groups in total. The first-order valence-corrected chi connectivity index (χ1v) is 36.3. The van der Waals surface area contributed by atoms with Crippen LogP contribution in [0.5, 0.6) is 0 Å². The molecule has 0 aromatic heterocycles. The van der Waals surface area contributed by atoms with Gasteiger partial charge in [0.15, 0.2) is 6.10 Å². The Hall–Kier alpha value is -2.89. The summed E-state index contributed by atoms with van der Waals surface area (Å²) >= 11 is 0. The van der Waals surface area contributed by atoms with Crippen LogP contribution in [0.1, 0.15) is 387 Å². The molecule has 478 valence electrons. The van der Waals surface area contributed by atoms with Crippen LogP contribution in [-0.4, -0.2) is 37.2 Å². The lowest BCUT2D eigenvalue weighted by Crippen LogP contribution is -2.30. The van der Waals surface area contributed by atoms with Crippen molar-refractivity contribution >= 4 is 17.9 Å². The second kappa shape index (κ2) is 70.6. The molecule has 1 atom stereocenters. The predicted octanol–water partition coefficient (Wildman–Crippen LogP) is 25.1. The summed E-state index contributed by atoms with van der Waals surface area (Å²) < 4.78 is 17.0. The normalized spacial score (nSPS) is 12.4. The van der Waals surface area contributed by atoms with Gasteiger partial charge in [-0.15, -0.1) is 0 Å². The van der Waals surface area contributed by atoms with Gasteiger partial charge in [-0.1, -0.05) is 345 Å². The molecule has 0 rings (SSSR count). The van der Waals surface area contributed by atoms with Crippen LogP contribution in [0.15, 0.2) is 60.8 Å². The van der Waals surface area contributed by atoms with E-state index in [1.165, 1.54) is 257 Å². The van der Waals surface area contributed by atoms with Gasteiger partial charge in [-0.05, 0) is 83.5 Å². The molecule has 0 saturated heterocycles. The van der Waals surface area contributed by atoms with E-state index in [1.807, 2.05) is 0 Å². The van der Waals surface area contributed by atoms with Gasteiger partial charge in [0.25, 0.3) is 0 Å². The van der Waals surface area contributed by atoms with Gasteiger partial charge in [0.2, 0.25) is 0 Å². The van der Waals surface area contributed by atoms with Gasteiger partial charge in [0.1, 0.15) is 13.2 Å². The average Bonchev–Trinajstić information content (AvgIpc) is 3.47. The number of ether oxygens (including phenoxy) is 3. The molecule has 0 aromatic rings. The summed E-state index contributed by atoms with van der Waals surface area (Å²) in [4.78, 5) is 38.5. The third-order valence-corrected chi connectivity index (χ3v) is 16.2. The van der Waals surface area contributed by atoms with Crippen molar-refractivity contribution in [3.05, 3.63) is 60.8 Å². The zero-order valence-electron chi connectivity index (χ0n) is 55.0. The Labute approximate surface area is 510 Å². The monoisotopic (exact) mass is 1150 g/mol. The molecule has 0 aromatic carbocycles. The molecule has 0 fully saturated rings. The lowest BCUT2D eigenvalue weighted by molar-refractivity contribution is -0.167. The van der Waals surface area contributed by atoms with E-state index < -0.39 is 6.10 Å². The molecule has 0 aliphatic heterocycles. The first-order chi connectivity index (χ1) is 40.5. The molecule has 0 aliphatic carbocycles. The third kappa shape index (κ3) is 67.9. The number of allylic oxidation sites excluding steroid dienone is 10. The molecule has 82 heavy (non-hydrogen) atoms. The van der Waals surface area contributed by atoms with Gasteiger partial charge in [-0.25, -0.2) is 0 Å². The first kappa shape index (κ1) is 79.1. The van der Waals surface area contributed by atoms with Crippen molar-refractivity contribution < 1.29 is 28.6 Å². The van der Waals surface area contributed by atoms with Gasteiger partial charge < -0.3 is 14.2 Å². The second-order valence-corrected chi connectivity index (χ2v) is 24.5. The smallest absolute Gasteiger partial charge is 0.306 e. The maximum absolute atomic E-state index is 13.0. The minimum Gasteiger partial charge on any atom is -0.462 e. The second-order valence-electron chi connectivity index (χ2n) is 24.5. The molecule has 0 amide bonds. The highest BCUT2D eigenvalue weighted by Crippen LogP contribution is 2.18. The summed E-state index contributed by atoms with van der Waals surface area (Å²) in [6, 6.07) is 0. The summed E-state index contributed by atoms with van der Waals surface area (Å²) in [5.41, 5.74) is 0. The quantitative estimate of drug-likeness (QED) is 0.0261. The lowest BCUT2D eigenvalue weighted by atomic mass is 10.0. The Kier molecular flexibility index (Phi) is 68.1. The number of unbranched alkanes of at least 4 members (excludes halogenated alkanes) is 46. The molecule has 0 spiro atoms. The molecule has 6 heteroatoms. The van der Waals surface area contributed by atoms with Gasteiger partial charge in [-0.3, -0.25) is 14.4 Å². The topological polar surface area (TPSA) is 78.9 Å². The fourth-order valence-corrected chi connectivity index (χ4v) is 10.8. The van der Waals surface area contributed by atoms with Crippen molar-refractivity contribution in [2.75, 3.05) is 13.2 Å². The summed E-state index contributed by atoms with van der Waals surface area (Å²) in [6.07, 6.45) is 91.1. The Morgan fingerprint density at radius 3 is 0.720 bits per heavy atom. The fraction of sp³-hybridized carbons (Fsp3) is 0.829. The summed E-state index contributed by atoms with van der Waals surface area (Å²) in [5.74, 6) is -0.867. The van der Waals surface area contributed by atoms with Gasteiger partial charge >= 0.3 is 17.9 Å². The van der Waals surface area contributed by atoms with Crippen molar-refractivity contribution in [2.45, 2.75) is 393 Å². The number of carbonyl (C=O) groups is 3. The zero-order valence-corrected chi connectivity index (χ0v) is 55.0. The predicted molar refractivity (Wildman–Crippen MR) is 358 cm³/mol. The third-order valence-electron chi connectivity index (χ3n) is 16.2. The van der Waals surface area contributed by atoms with Crippen LogP contribution in [-0.2, 0) is 28.6 Å². The van der Waals surface area contributed by atoms with Crippen LogP contribution >= 0.6 is 0 Å². The molecule has 0 saturated carbocycles. The van der Waals surface area contributed by atoms with E-state index in [2.05, 4.69) is 81.5 Å². The van der Waals surface area contributed by atoms with E-state index in [-0.39, 0.29) is 31.1 Å². The largest absolute Gasteiger partial charge is 0.462 e. The van der Waals surface area contributed by atoms with Crippen LogP contribution in [0.2, 0.25) is 0 Å². The standard InChI is InChI=1S/C76H138O6/c1-4-7-10-13-16-19-22-25-28-30-32-34-36-37-38-39-41-42-44-46-48-51-54-57-60-63-66-69-75(78)81-72-73(71-80-74(77)68-65-62-59-56-53-50-27-24-21-18-15-12-9-6-3)82-76(79)70-67-64-61-58-55-52-49-47-45-43-40-35-33-31-29-26-23-20-17-14-11-8-5-2/h15,18,22,24-25,27,30,32,36-37,73H,4-14,16-17,19-21,23,26,28-29,31,33-35,38-72H2,1-3H3/b18-15-,25-22-,27-24-,32-30-,37-36-. The Balaban J connectivity index is 4.26. The van der Waals surface area contributed by atoms with Crippen LogP contribution in [0, 0.1) is 0 Å². The summed E-state index contributed by atoms with van der Waals surface area (Å²) in [6.45, 7) is 6.64. The van der Waals surface area contributed by atoms with Crippen LogP contribution in [0.4, 0.5) is 0 Å². The van der Waals surface area contributed by atoms with Gasteiger partial charge in [-0.2, -0.15) is 0 Å². The fourth-order valence-electron chi connectivity index (χ4n) is 10.8. The number of carbonyl (C=O) groups excluding carboxylic acids is 3. The maximum atomic E-state index is 13.0. The highest BCUT2D eigenvalue weighted by molar-refractivity contribution is 5.71. The molecule has 0 aliphatic rings. The number of esters is 3. The Morgan fingerprint density at radius 1 is 0.244 bits per heavy atom. The van der Waals surface area contributed by atoms with Gasteiger partial charge in [0, 0.05) is 19.3 Å². The van der Waals surface area contributed by atoms with Gasteiger partial charge in [0.05, 0.1) is 0 Å². The molecule has 6 nitrogen and oxygen atoms in total. The highest BCUT2D eigenvalue weighted by atomic mass is 16.6. The van der Waals surface area contributed by atoms with Crippen molar-refractivity contribution in [3.8, 4) is 0 Å². The minimum atomic E-state index is -0.781. The highest BCUT2D eigenvalue weighted by Gasteiger charge is 2.19. The van der Waals surface area contributed by atoms with E-state index in [4.69, 9.17) is 14.2 Å². The summed E-state index contributed by atoms with van der Waals surface area (Å²) in [7, 11) is 0. The van der Waals surface area contributed by atoms with E-state index >= 15 is 0 Å². The molecule has 0 heterocycles. The van der Waals surface area contributed by atoms with Crippen LogP contribution in [0.25, 0.3) is 0 Å². The number of hydrogen-bond donors (Lipinski definition) is 0. The minimum absolute atomic E-state index is 0.0759. The average molecular weight is 1150 g/mol. The lowest BCUT2D eigenvalue weighted by Gasteiger charge is -2.18. The van der Waals surface area contributed by atoms with Crippen LogP contribution in [0.3, 0.4) is 0 Å². The molecular formula is C76H138O6. The molecule has 0 bridgehead atoms. The van der Waals surface area contributed by atoms with E-state index in [0.29, 0.717) is 19.3 Å². The maximum Gasteiger partial charge on any atom is 0.306 e. The summed E-state index contributed by atoms with van der Waals surface area (Å²) in [5, 5.41) is 0. The molecule has 0 radical (unpaired) electrons. The molecular weight excluding hydrogens is 1010 g/mol. The number of rotatable bonds is 67. The Bertz CT molecular complexity index is 1460. The van der Waals surface area contributed by atoms with E-state index in [0.717, 1.165) is 89.9 Å². The Morgan fingerprint density at radius 2 is 0.451 bits per heavy atom.